The van der Waals surface area contributed by atoms with Crippen molar-refractivity contribution < 1.29 is 0 Å². The Kier molecular flexibility index (Phi) is 4.24. The van der Waals surface area contributed by atoms with Crippen molar-refractivity contribution in [3.05, 3.63) is 29.6 Å². The van der Waals surface area contributed by atoms with Gasteiger partial charge in [-0.3, -0.25) is 0 Å². The quantitative estimate of drug-likeness (QED) is 0.761. The summed E-state index contributed by atoms with van der Waals surface area (Å²) in [5.74, 6) is 1.85. The van der Waals surface area contributed by atoms with E-state index in [2.05, 4.69) is 23.6 Å². The minimum Gasteiger partial charge on any atom is -0.328 e. The van der Waals surface area contributed by atoms with Crippen LogP contribution in [-0.4, -0.2) is 9.55 Å². The Balaban J connectivity index is 2.07. The molecule has 1 heterocycles. The normalized spacial score (nSPS) is 16.8. The van der Waals surface area contributed by atoms with Crippen LogP contribution in [0.25, 0.3) is 11.0 Å². The second kappa shape index (κ2) is 6.30. The summed E-state index contributed by atoms with van der Waals surface area (Å²) < 4.78 is 2.40. The summed E-state index contributed by atoms with van der Waals surface area (Å²) in [6, 6.07) is 8.13. The van der Waals surface area contributed by atoms with Gasteiger partial charge in [-0.1, -0.05) is 32.6 Å². The third kappa shape index (κ3) is 2.81. The van der Waals surface area contributed by atoms with Crippen molar-refractivity contribution in [1.29, 1.82) is 5.26 Å². The fourth-order valence-corrected chi connectivity index (χ4v) is 3.53. The lowest BCUT2D eigenvalue weighted by Gasteiger charge is -2.16. The lowest BCUT2D eigenvalue weighted by molar-refractivity contribution is 0.522. The third-order valence-electron chi connectivity index (χ3n) is 4.57. The summed E-state index contributed by atoms with van der Waals surface area (Å²) in [5, 5.41) is 9.08. The first-order valence-corrected chi connectivity index (χ1v) is 8.23. The molecule has 2 aromatic rings. The summed E-state index contributed by atoms with van der Waals surface area (Å²) in [6.07, 6.45) is 9.01. The Labute approximate surface area is 126 Å². The largest absolute Gasteiger partial charge is 0.328 e. The molecule has 1 aliphatic rings. The Morgan fingerprint density at radius 2 is 2.00 bits per heavy atom. The van der Waals surface area contributed by atoms with E-state index in [1.54, 1.807) is 0 Å². The van der Waals surface area contributed by atoms with Gasteiger partial charge in [-0.15, -0.1) is 0 Å². The average molecular weight is 281 g/mol. The molecular weight excluding hydrogens is 258 g/mol. The zero-order valence-electron chi connectivity index (χ0n) is 12.8. The molecule has 3 rings (SSSR count). The predicted octanol–water partition coefficient (Wildman–Crippen LogP) is 4.76. The van der Waals surface area contributed by atoms with Crippen LogP contribution in [0.15, 0.2) is 18.2 Å². The number of aromatic nitrogens is 2. The standard InChI is InChI=1S/C18H23N3/c1-2-11-21-17-10-9-14(13-19)12-16(17)20-18(21)15-7-5-3-4-6-8-15/h9-10,12,15H,2-8,11H2,1H3. The van der Waals surface area contributed by atoms with Crippen LogP contribution in [0.4, 0.5) is 0 Å². The Morgan fingerprint density at radius 3 is 2.67 bits per heavy atom. The van der Waals surface area contributed by atoms with Crippen LogP contribution in [0.3, 0.4) is 0 Å². The average Bonchev–Trinajstić information content (AvgIpc) is 2.69. The van der Waals surface area contributed by atoms with E-state index in [-0.39, 0.29) is 0 Å². The van der Waals surface area contributed by atoms with Crippen LogP contribution in [0.2, 0.25) is 0 Å². The van der Waals surface area contributed by atoms with Gasteiger partial charge < -0.3 is 4.57 Å². The highest BCUT2D eigenvalue weighted by Crippen LogP contribution is 2.33. The van der Waals surface area contributed by atoms with E-state index in [1.165, 1.54) is 49.9 Å². The number of hydrogen-bond donors (Lipinski definition) is 0. The summed E-state index contributed by atoms with van der Waals surface area (Å²) in [6.45, 7) is 3.24. The molecule has 1 aliphatic carbocycles. The maximum Gasteiger partial charge on any atom is 0.112 e. The molecule has 1 aromatic heterocycles. The molecule has 0 unspecified atom stereocenters. The van der Waals surface area contributed by atoms with Crippen LogP contribution in [-0.2, 0) is 6.54 Å². The fraction of sp³-hybridized carbons (Fsp3) is 0.556. The van der Waals surface area contributed by atoms with Crippen molar-refractivity contribution in [2.24, 2.45) is 0 Å². The molecule has 21 heavy (non-hydrogen) atoms. The summed E-state index contributed by atoms with van der Waals surface area (Å²) in [7, 11) is 0. The van der Waals surface area contributed by atoms with Crippen molar-refractivity contribution in [1.82, 2.24) is 9.55 Å². The van der Waals surface area contributed by atoms with E-state index < -0.39 is 0 Å². The summed E-state index contributed by atoms with van der Waals surface area (Å²) >= 11 is 0. The van der Waals surface area contributed by atoms with E-state index in [1.807, 2.05) is 12.1 Å². The van der Waals surface area contributed by atoms with Crippen LogP contribution in [0.1, 0.15) is 69.2 Å². The van der Waals surface area contributed by atoms with E-state index in [9.17, 15) is 0 Å². The van der Waals surface area contributed by atoms with Gasteiger partial charge in [0.05, 0.1) is 22.7 Å². The molecule has 3 heteroatoms. The maximum absolute atomic E-state index is 9.08. The SMILES string of the molecule is CCCn1c(C2CCCCCC2)nc2cc(C#N)ccc21. The van der Waals surface area contributed by atoms with Crippen LogP contribution in [0, 0.1) is 11.3 Å². The van der Waals surface area contributed by atoms with Gasteiger partial charge in [0.2, 0.25) is 0 Å². The second-order valence-corrected chi connectivity index (χ2v) is 6.13. The van der Waals surface area contributed by atoms with Gasteiger partial charge in [0.25, 0.3) is 0 Å². The number of imidazole rings is 1. The molecule has 1 fully saturated rings. The van der Waals surface area contributed by atoms with E-state index in [0.29, 0.717) is 11.5 Å². The summed E-state index contributed by atoms with van der Waals surface area (Å²) in [5.41, 5.74) is 2.88. The third-order valence-corrected chi connectivity index (χ3v) is 4.57. The lowest BCUT2D eigenvalue weighted by atomic mass is 9.99. The molecular formula is C18H23N3. The van der Waals surface area contributed by atoms with Gasteiger partial charge in [-0.25, -0.2) is 4.98 Å². The van der Waals surface area contributed by atoms with E-state index >= 15 is 0 Å². The fourth-order valence-electron chi connectivity index (χ4n) is 3.53. The van der Waals surface area contributed by atoms with Gasteiger partial charge in [-0.05, 0) is 37.5 Å². The molecule has 0 amide bonds. The molecule has 110 valence electrons. The van der Waals surface area contributed by atoms with Gasteiger partial charge in [0.1, 0.15) is 5.82 Å². The smallest absolute Gasteiger partial charge is 0.112 e. The zero-order chi connectivity index (χ0) is 14.7. The topological polar surface area (TPSA) is 41.6 Å². The maximum atomic E-state index is 9.08. The molecule has 1 saturated carbocycles. The number of nitriles is 1. The number of benzene rings is 1. The number of hydrogen-bond acceptors (Lipinski definition) is 2. The van der Waals surface area contributed by atoms with Crippen LogP contribution < -0.4 is 0 Å². The van der Waals surface area contributed by atoms with E-state index in [0.717, 1.165) is 18.5 Å². The van der Waals surface area contributed by atoms with Crippen molar-refractivity contribution in [2.45, 2.75) is 64.3 Å². The minimum atomic E-state index is 0.594. The van der Waals surface area contributed by atoms with Gasteiger partial charge in [-0.2, -0.15) is 5.26 Å². The lowest BCUT2D eigenvalue weighted by Crippen LogP contribution is -2.09. The number of aryl methyl sites for hydroxylation is 1. The summed E-state index contributed by atoms with van der Waals surface area (Å²) in [4.78, 5) is 4.92. The highest BCUT2D eigenvalue weighted by molar-refractivity contribution is 5.78. The molecule has 0 aliphatic heterocycles. The molecule has 0 bridgehead atoms. The Hall–Kier alpha value is -1.82. The minimum absolute atomic E-state index is 0.594. The second-order valence-electron chi connectivity index (χ2n) is 6.13. The molecule has 1 aromatic carbocycles. The molecule has 0 spiro atoms. The number of rotatable bonds is 3. The Bertz CT molecular complexity index is 655. The first kappa shape index (κ1) is 14.1. The molecule has 0 radical (unpaired) electrons. The monoisotopic (exact) mass is 281 g/mol. The Morgan fingerprint density at radius 1 is 1.24 bits per heavy atom. The highest BCUT2D eigenvalue weighted by atomic mass is 15.1. The zero-order valence-corrected chi connectivity index (χ0v) is 12.8. The van der Waals surface area contributed by atoms with Crippen LogP contribution >= 0.6 is 0 Å². The molecule has 3 nitrogen and oxygen atoms in total. The van der Waals surface area contributed by atoms with Gasteiger partial charge in [0, 0.05) is 12.5 Å². The first-order valence-electron chi connectivity index (χ1n) is 8.23. The number of fused-ring (bicyclic) bond motifs is 1. The first-order chi connectivity index (χ1) is 10.3. The highest BCUT2D eigenvalue weighted by Gasteiger charge is 2.21. The van der Waals surface area contributed by atoms with Crippen molar-refractivity contribution in [2.75, 3.05) is 0 Å². The molecule has 0 atom stereocenters. The number of nitrogens with zero attached hydrogens (tertiary/aromatic N) is 3. The predicted molar refractivity (Wildman–Crippen MR) is 85.2 cm³/mol. The van der Waals surface area contributed by atoms with Gasteiger partial charge in [0.15, 0.2) is 0 Å². The van der Waals surface area contributed by atoms with Gasteiger partial charge >= 0.3 is 0 Å². The van der Waals surface area contributed by atoms with Crippen molar-refractivity contribution in [3.63, 3.8) is 0 Å². The molecule has 0 N–H and O–H groups in total. The van der Waals surface area contributed by atoms with Crippen molar-refractivity contribution >= 4 is 11.0 Å². The van der Waals surface area contributed by atoms with Crippen molar-refractivity contribution in [3.8, 4) is 6.07 Å². The molecule has 0 saturated heterocycles. The van der Waals surface area contributed by atoms with E-state index in [4.69, 9.17) is 10.2 Å². The van der Waals surface area contributed by atoms with Crippen LogP contribution in [0.5, 0.6) is 0 Å².